The molecule has 1 saturated carbocycles. The van der Waals surface area contributed by atoms with Crippen LogP contribution in [0, 0.1) is 0 Å². The van der Waals surface area contributed by atoms with Gasteiger partial charge in [0.1, 0.15) is 0 Å². The van der Waals surface area contributed by atoms with Gasteiger partial charge in [-0.05, 0) is 74.5 Å². The summed E-state index contributed by atoms with van der Waals surface area (Å²) in [4.78, 5) is 2.34. The van der Waals surface area contributed by atoms with Crippen molar-refractivity contribution in [3.63, 3.8) is 0 Å². The normalized spacial score (nSPS) is 23.8. The molecule has 1 fully saturated rings. The van der Waals surface area contributed by atoms with E-state index in [1.54, 1.807) is 11.1 Å². The molecule has 2 aliphatic carbocycles. The van der Waals surface area contributed by atoms with Crippen LogP contribution >= 0.6 is 0 Å². The quantitative estimate of drug-likeness (QED) is 0.768. The largest absolute Gasteiger partial charge is 0.399 e. The molecule has 0 radical (unpaired) electrons. The van der Waals surface area contributed by atoms with Crippen LogP contribution in [0.5, 0.6) is 0 Å². The Morgan fingerprint density at radius 1 is 1.19 bits per heavy atom. The molecule has 2 aliphatic rings. The van der Waals surface area contributed by atoms with E-state index in [-0.39, 0.29) is 0 Å². The van der Waals surface area contributed by atoms with Gasteiger partial charge in [0.2, 0.25) is 0 Å². The highest BCUT2D eigenvalue weighted by molar-refractivity contribution is 5.54. The molecule has 1 aromatic carbocycles. The van der Waals surface area contributed by atoms with Crippen molar-refractivity contribution in [2.24, 2.45) is 0 Å². The minimum atomic E-state index is 0.675. The van der Waals surface area contributed by atoms with Crippen LogP contribution in [0.4, 0.5) is 5.69 Å². The number of fused-ring (bicyclic) bond motifs is 1. The molecule has 16 heavy (non-hydrogen) atoms. The molecule has 1 aromatic rings. The van der Waals surface area contributed by atoms with E-state index >= 15 is 0 Å². The topological polar surface area (TPSA) is 29.3 Å². The van der Waals surface area contributed by atoms with Crippen LogP contribution in [-0.2, 0) is 12.8 Å². The molecule has 1 unspecified atom stereocenters. The van der Waals surface area contributed by atoms with E-state index in [0.717, 1.165) is 11.6 Å². The predicted molar refractivity (Wildman–Crippen MR) is 67.7 cm³/mol. The lowest BCUT2D eigenvalue weighted by molar-refractivity contribution is 0.303. The molecule has 0 bridgehead atoms. The molecule has 0 aromatic heterocycles. The van der Waals surface area contributed by atoms with Crippen molar-refractivity contribution in [2.45, 2.75) is 37.6 Å². The maximum atomic E-state index is 6.01. The van der Waals surface area contributed by atoms with Gasteiger partial charge in [0.25, 0.3) is 0 Å². The monoisotopic (exact) mass is 216 g/mol. The predicted octanol–water partition coefficient (Wildman–Crippen LogP) is 2.17. The lowest BCUT2D eigenvalue weighted by atomic mass is 9.99. The Balaban J connectivity index is 1.99. The highest BCUT2D eigenvalue weighted by Gasteiger charge is 2.32. The summed E-state index contributed by atoms with van der Waals surface area (Å²) in [6.45, 7) is 0. The maximum absolute atomic E-state index is 6.01. The molecule has 2 N–H and O–H groups in total. The van der Waals surface area contributed by atoms with Crippen molar-refractivity contribution < 1.29 is 0 Å². The number of nitrogens with two attached hydrogens (primary N) is 1. The van der Waals surface area contributed by atoms with E-state index in [1.807, 2.05) is 0 Å². The molecule has 2 nitrogen and oxygen atoms in total. The van der Waals surface area contributed by atoms with Gasteiger partial charge in [0.15, 0.2) is 0 Å². The van der Waals surface area contributed by atoms with Gasteiger partial charge in [-0.1, -0.05) is 0 Å². The second-order valence-electron chi connectivity index (χ2n) is 5.55. The number of anilines is 1. The van der Waals surface area contributed by atoms with Gasteiger partial charge >= 0.3 is 0 Å². The summed E-state index contributed by atoms with van der Waals surface area (Å²) in [5.74, 6) is 0.818. The third-order valence-electron chi connectivity index (χ3n) is 4.04. The Labute approximate surface area is 97.4 Å². The van der Waals surface area contributed by atoms with Crippen LogP contribution in [0.1, 0.15) is 35.4 Å². The standard InChI is InChI=1S/C14H20N2/c1-16(2)12-6-10-5-11(15)7-13(9-3-4-9)14(10)8-12/h5,7,9,12H,3-4,6,8,15H2,1-2H3. The second kappa shape index (κ2) is 3.49. The third-order valence-corrected chi connectivity index (χ3v) is 4.04. The molecule has 0 spiro atoms. The highest BCUT2D eigenvalue weighted by Crippen LogP contribution is 2.45. The first kappa shape index (κ1) is 10.2. The van der Waals surface area contributed by atoms with Crippen LogP contribution < -0.4 is 5.73 Å². The summed E-state index contributed by atoms with van der Waals surface area (Å²) >= 11 is 0. The van der Waals surface area contributed by atoms with Crippen molar-refractivity contribution in [2.75, 3.05) is 19.8 Å². The van der Waals surface area contributed by atoms with Gasteiger partial charge in [-0.3, -0.25) is 0 Å². The fourth-order valence-corrected chi connectivity index (χ4v) is 2.90. The van der Waals surface area contributed by atoms with Gasteiger partial charge in [-0.2, -0.15) is 0 Å². The third kappa shape index (κ3) is 1.61. The molecule has 0 amide bonds. The van der Waals surface area contributed by atoms with E-state index in [0.29, 0.717) is 6.04 Å². The summed E-state index contributed by atoms with van der Waals surface area (Å²) < 4.78 is 0. The van der Waals surface area contributed by atoms with Gasteiger partial charge < -0.3 is 10.6 Å². The molecule has 0 aliphatic heterocycles. The fourth-order valence-electron chi connectivity index (χ4n) is 2.90. The number of nitrogens with zero attached hydrogens (tertiary/aromatic N) is 1. The minimum Gasteiger partial charge on any atom is -0.399 e. The zero-order valence-corrected chi connectivity index (χ0v) is 10.2. The first-order valence-corrected chi connectivity index (χ1v) is 6.22. The lowest BCUT2D eigenvalue weighted by Crippen LogP contribution is -2.28. The van der Waals surface area contributed by atoms with Gasteiger partial charge in [0, 0.05) is 11.7 Å². The van der Waals surface area contributed by atoms with E-state index in [4.69, 9.17) is 5.73 Å². The summed E-state index contributed by atoms with van der Waals surface area (Å²) in [6, 6.07) is 5.08. The zero-order chi connectivity index (χ0) is 11.3. The first-order chi connectivity index (χ1) is 7.65. The van der Waals surface area contributed by atoms with Crippen molar-refractivity contribution in [3.05, 3.63) is 28.8 Å². The zero-order valence-electron chi connectivity index (χ0n) is 10.2. The Kier molecular flexibility index (Phi) is 2.21. The molecule has 0 heterocycles. The molecule has 3 rings (SSSR count). The summed E-state index contributed by atoms with van der Waals surface area (Å²) in [6.07, 6.45) is 5.12. The molecule has 2 heteroatoms. The summed E-state index contributed by atoms with van der Waals surface area (Å²) in [7, 11) is 4.35. The molecule has 0 saturated heterocycles. The summed E-state index contributed by atoms with van der Waals surface area (Å²) in [5, 5.41) is 0. The van der Waals surface area contributed by atoms with Crippen molar-refractivity contribution in [3.8, 4) is 0 Å². The Hall–Kier alpha value is -1.02. The van der Waals surface area contributed by atoms with Gasteiger partial charge in [0.05, 0.1) is 0 Å². The highest BCUT2D eigenvalue weighted by atomic mass is 15.1. The number of hydrogen-bond donors (Lipinski definition) is 1. The second-order valence-corrected chi connectivity index (χ2v) is 5.55. The van der Waals surface area contributed by atoms with Crippen LogP contribution in [0.25, 0.3) is 0 Å². The number of likely N-dealkylation sites (N-methyl/N-ethyl adjacent to an activating group) is 1. The van der Waals surface area contributed by atoms with E-state index < -0.39 is 0 Å². The number of nitrogen functional groups attached to an aromatic ring is 1. The first-order valence-electron chi connectivity index (χ1n) is 6.22. The fraction of sp³-hybridized carbons (Fsp3) is 0.571. The summed E-state index contributed by atoms with van der Waals surface area (Å²) in [5.41, 5.74) is 11.6. The number of rotatable bonds is 2. The average molecular weight is 216 g/mol. The van der Waals surface area contributed by atoms with Crippen molar-refractivity contribution in [1.82, 2.24) is 4.90 Å². The van der Waals surface area contributed by atoms with E-state index in [1.165, 1.54) is 31.2 Å². The lowest BCUT2D eigenvalue weighted by Gasteiger charge is -2.18. The molecular formula is C14H20N2. The SMILES string of the molecule is CN(C)C1Cc2cc(N)cc(C3CC3)c2C1. The van der Waals surface area contributed by atoms with Crippen LogP contribution in [0.2, 0.25) is 0 Å². The molecule has 1 atom stereocenters. The smallest absolute Gasteiger partial charge is 0.0319 e. The van der Waals surface area contributed by atoms with Gasteiger partial charge in [-0.15, -0.1) is 0 Å². The molecular weight excluding hydrogens is 196 g/mol. The van der Waals surface area contributed by atoms with Crippen LogP contribution in [0.3, 0.4) is 0 Å². The maximum Gasteiger partial charge on any atom is 0.0319 e. The Morgan fingerprint density at radius 3 is 2.56 bits per heavy atom. The van der Waals surface area contributed by atoms with E-state index in [2.05, 4.69) is 31.1 Å². The van der Waals surface area contributed by atoms with Crippen LogP contribution in [-0.4, -0.2) is 25.0 Å². The average Bonchev–Trinajstić information content (AvgIpc) is 2.96. The minimum absolute atomic E-state index is 0.675. The van der Waals surface area contributed by atoms with E-state index in [9.17, 15) is 0 Å². The Morgan fingerprint density at radius 2 is 1.94 bits per heavy atom. The van der Waals surface area contributed by atoms with Crippen molar-refractivity contribution >= 4 is 5.69 Å². The van der Waals surface area contributed by atoms with Crippen LogP contribution in [0.15, 0.2) is 12.1 Å². The Bertz CT molecular complexity index is 419. The number of benzene rings is 1. The number of hydrogen-bond acceptors (Lipinski definition) is 2. The molecule has 86 valence electrons. The van der Waals surface area contributed by atoms with Gasteiger partial charge in [-0.25, -0.2) is 0 Å². The van der Waals surface area contributed by atoms with Crippen molar-refractivity contribution in [1.29, 1.82) is 0 Å².